The van der Waals surface area contributed by atoms with Gasteiger partial charge in [-0.2, -0.15) is 4.80 Å². The monoisotopic (exact) mass is 418 g/mol. The Kier molecular flexibility index (Phi) is 6.66. The molecule has 31 heavy (non-hydrogen) atoms. The third kappa shape index (κ3) is 5.53. The van der Waals surface area contributed by atoms with E-state index < -0.39 is 0 Å². The number of nitrogens with zero attached hydrogens (tertiary/aromatic N) is 5. The van der Waals surface area contributed by atoms with Gasteiger partial charge in [0.2, 0.25) is 11.7 Å². The lowest BCUT2D eigenvalue weighted by molar-refractivity contribution is -0.121. The Labute approximate surface area is 181 Å². The lowest BCUT2D eigenvalue weighted by Gasteiger charge is -2.15. The van der Waals surface area contributed by atoms with Gasteiger partial charge in [-0.25, -0.2) is 0 Å². The number of rotatable bonds is 8. The molecule has 0 saturated carbocycles. The van der Waals surface area contributed by atoms with E-state index in [0.717, 1.165) is 37.1 Å². The SMILES string of the molecule is O=C(CCCn1nnc(-c2ccccc2)n1)NCc1cccc(C(=O)N2CCCC2)c1. The summed E-state index contributed by atoms with van der Waals surface area (Å²) in [5.41, 5.74) is 2.51. The highest BCUT2D eigenvalue weighted by atomic mass is 16.2. The van der Waals surface area contributed by atoms with Gasteiger partial charge in [0.1, 0.15) is 0 Å². The van der Waals surface area contributed by atoms with Crippen LogP contribution in [0.2, 0.25) is 0 Å². The van der Waals surface area contributed by atoms with Crippen LogP contribution in [-0.2, 0) is 17.9 Å². The number of nitrogens with one attached hydrogen (secondary N) is 1. The molecule has 3 aromatic rings. The molecule has 4 rings (SSSR count). The molecule has 0 unspecified atom stereocenters. The van der Waals surface area contributed by atoms with E-state index in [1.165, 1.54) is 4.80 Å². The highest BCUT2D eigenvalue weighted by Gasteiger charge is 2.19. The van der Waals surface area contributed by atoms with E-state index in [1.807, 2.05) is 59.5 Å². The van der Waals surface area contributed by atoms with Crippen molar-refractivity contribution in [2.75, 3.05) is 13.1 Å². The number of benzene rings is 2. The summed E-state index contributed by atoms with van der Waals surface area (Å²) in [5, 5.41) is 15.4. The molecule has 2 heterocycles. The van der Waals surface area contributed by atoms with Gasteiger partial charge < -0.3 is 10.2 Å². The highest BCUT2D eigenvalue weighted by Crippen LogP contribution is 2.14. The second-order valence-corrected chi connectivity index (χ2v) is 7.65. The number of carbonyl (C=O) groups excluding carboxylic acids is 2. The van der Waals surface area contributed by atoms with Crippen molar-refractivity contribution in [1.82, 2.24) is 30.4 Å². The Morgan fingerprint density at radius 2 is 1.81 bits per heavy atom. The van der Waals surface area contributed by atoms with Crippen LogP contribution >= 0.6 is 0 Å². The van der Waals surface area contributed by atoms with Crippen LogP contribution in [0.25, 0.3) is 11.4 Å². The molecule has 1 aliphatic rings. The lowest BCUT2D eigenvalue weighted by atomic mass is 10.1. The molecule has 0 spiro atoms. The summed E-state index contributed by atoms with van der Waals surface area (Å²) in [5.74, 6) is 0.606. The fourth-order valence-corrected chi connectivity index (χ4v) is 3.63. The normalized spacial score (nSPS) is 13.4. The van der Waals surface area contributed by atoms with Gasteiger partial charge in [0.25, 0.3) is 5.91 Å². The molecule has 2 amide bonds. The van der Waals surface area contributed by atoms with Crippen molar-refractivity contribution in [2.24, 2.45) is 0 Å². The van der Waals surface area contributed by atoms with E-state index >= 15 is 0 Å². The van der Waals surface area contributed by atoms with Crippen molar-refractivity contribution in [3.8, 4) is 11.4 Å². The van der Waals surface area contributed by atoms with Crippen molar-refractivity contribution in [3.05, 3.63) is 65.7 Å². The minimum atomic E-state index is -0.0420. The van der Waals surface area contributed by atoms with E-state index in [0.29, 0.717) is 37.3 Å². The third-order valence-electron chi connectivity index (χ3n) is 5.30. The van der Waals surface area contributed by atoms with E-state index in [9.17, 15) is 9.59 Å². The minimum absolute atomic E-state index is 0.0420. The molecule has 1 fully saturated rings. The fourth-order valence-electron chi connectivity index (χ4n) is 3.63. The zero-order valence-electron chi connectivity index (χ0n) is 17.4. The average molecular weight is 419 g/mol. The number of carbonyl (C=O) groups is 2. The quantitative estimate of drug-likeness (QED) is 0.607. The number of likely N-dealkylation sites (tertiary alicyclic amines) is 1. The first kappa shape index (κ1) is 20.7. The van der Waals surface area contributed by atoms with Crippen molar-refractivity contribution in [1.29, 1.82) is 0 Å². The van der Waals surface area contributed by atoms with Crippen LogP contribution in [0.4, 0.5) is 0 Å². The van der Waals surface area contributed by atoms with Crippen molar-refractivity contribution in [3.63, 3.8) is 0 Å². The summed E-state index contributed by atoms with van der Waals surface area (Å²) in [6.45, 7) is 2.58. The van der Waals surface area contributed by atoms with Gasteiger partial charge in [0.15, 0.2) is 0 Å². The number of hydrogen-bond donors (Lipinski definition) is 1. The second kappa shape index (κ2) is 9.97. The molecule has 160 valence electrons. The summed E-state index contributed by atoms with van der Waals surface area (Å²) in [6.07, 6.45) is 3.12. The molecule has 1 aromatic heterocycles. The predicted molar refractivity (Wildman–Crippen MR) is 116 cm³/mol. The smallest absolute Gasteiger partial charge is 0.253 e. The number of tetrazole rings is 1. The summed E-state index contributed by atoms with van der Waals surface area (Å²) in [6, 6.07) is 17.2. The summed E-state index contributed by atoms with van der Waals surface area (Å²) >= 11 is 0. The number of aryl methyl sites for hydroxylation is 1. The Morgan fingerprint density at radius 1 is 1.00 bits per heavy atom. The molecule has 0 bridgehead atoms. The predicted octanol–water partition coefficient (Wildman–Crippen LogP) is 2.67. The fraction of sp³-hybridized carbons (Fsp3) is 0.348. The molecule has 0 atom stereocenters. The van der Waals surface area contributed by atoms with Crippen LogP contribution in [0.15, 0.2) is 54.6 Å². The maximum absolute atomic E-state index is 12.5. The molecular formula is C23H26N6O2. The summed E-state index contributed by atoms with van der Waals surface area (Å²) in [4.78, 5) is 28.1. The van der Waals surface area contributed by atoms with Gasteiger partial charge in [-0.05, 0) is 42.2 Å². The van der Waals surface area contributed by atoms with Crippen molar-refractivity contribution >= 4 is 11.8 Å². The van der Waals surface area contributed by atoms with Gasteiger partial charge in [-0.1, -0.05) is 42.5 Å². The molecule has 8 nitrogen and oxygen atoms in total. The zero-order valence-corrected chi connectivity index (χ0v) is 17.4. The van der Waals surface area contributed by atoms with Gasteiger partial charge in [-0.15, -0.1) is 10.2 Å². The minimum Gasteiger partial charge on any atom is -0.352 e. The van der Waals surface area contributed by atoms with Gasteiger partial charge in [-0.3, -0.25) is 9.59 Å². The lowest BCUT2D eigenvalue weighted by Crippen LogP contribution is -2.28. The molecule has 0 radical (unpaired) electrons. The van der Waals surface area contributed by atoms with E-state index in [4.69, 9.17) is 0 Å². The zero-order chi connectivity index (χ0) is 21.5. The standard InChI is InChI=1S/C23H26N6O2/c30-21(12-7-15-29-26-22(25-27-29)19-9-2-1-3-10-19)24-17-18-8-6-11-20(16-18)23(31)28-13-4-5-14-28/h1-3,6,8-11,16H,4-5,7,12-15,17H2,(H,24,30). The highest BCUT2D eigenvalue weighted by molar-refractivity contribution is 5.94. The van der Waals surface area contributed by atoms with Gasteiger partial charge in [0.05, 0.1) is 6.54 Å². The first-order valence-corrected chi connectivity index (χ1v) is 10.7. The molecular weight excluding hydrogens is 392 g/mol. The number of hydrogen-bond acceptors (Lipinski definition) is 5. The molecule has 2 aromatic carbocycles. The van der Waals surface area contributed by atoms with Crippen LogP contribution in [0.3, 0.4) is 0 Å². The average Bonchev–Trinajstić information content (AvgIpc) is 3.51. The summed E-state index contributed by atoms with van der Waals surface area (Å²) in [7, 11) is 0. The Bertz CT molecular complexity index is 1030. The maximum Gasteiger partial charge on any atom is 0.253 e. The molecule has 1 N–H and O–H groups in total. The molecule has 1 saturated heterocycles. The molecule has 1 aliphatic heterocycles. The largest absolute Gasteiger partial charge is 0.352 e. The van der Waals surface area contributed by atoms with E-state index in [-0.39, 0.29) is 11.8 Å². The number of amides is 2. The van der Waals surface area contributed by atoms with E-state index in [2.05, 4.69) is 20.7 Å². The van der Waals surface area contributed by atoms with Gasteiger partial charge >= 0.3 is 0 Å². The third-order valence-corrected chi connectivity index (χ3v) is 5.30. The number of aromatic nitrogens is 4. The van der Waals surface area contributed by atoms with Gasteiger partial charge in [0, 0.05) is 37.2 Å². The van der Waals surface area contributed by atoms with Crippen LogP contribution < -0.4 is 5.32 Å². The van der Waals surface area contributed by atoms with Crippen LogP contribution in [0, 0.1) is 0 Å². The summed E-state index contributed by atoms with van der Waals surface area (Å²) < 4.78 is 0. The first-order chi connectivity index (χ1) is 15.2. The topological polar surface area (TPSA) is 93.0 Å². The van der Waals surface area contributed by atoms with Crippen LogP contribution in [0.5, 0.6) is 0 Å². The Hall–Kier alpha value is -3.55. The van der Waals surface area contributed by atoms with Crippen LogP contribution in [0.1, 0.15) is 41.6 Å². The van der Waals surface area contributed by atoms with Crippen LogP contribution in [-0.4, -0.2) is 50.0 Å². The molecule has 8 heteroatoms. The first-order valence-electron chi connectivity index (χ1n) is 10.7. The van der Waals surface area contributed by atoms with E-state index in [1.54, 1.807) is 0 Å². The van der Waals surface area contributed by atoms with Crippen molar-refractivity contribution < 1.29 is 9.59 Å². The Balaban J connectivity index is 1.21. The molecule has 0 aliphatic carbocycles. The second-order valence-electron chi connectivity index (χ2n) is 7.65. The Morgan fingerprint density at radius 3 is 2.61 bits per heavy atom. The van der Waals surface area contributed by atoms with Crippen molar-refractivity contribution in [2.45, 2.75) is 38.8 Å². The maximum atomic E-state index is 12.5.